The molecule has 8 N–H and O–H groups in total. The van der Waals surface area contributed by atoms with Crippen molar-refractivity contribution >= 4 is 108 Å². The number of aromatic hydroxyl groups is 1. The molecule has 0 saturated heterocycles. The minimum absolute atomic E-state index is 0.120. The molecule has 4 aromatic carbocycles. The van der Waals surface area contributed by atoms with E-state index in [-0.39, 0.29) is 29.5 Å². The fourth-order valence-corrected chi connectivity index (χ4v) is 9.31. The van der Waals surface area contributed by atoms with E-state index in [4.69, 9.17) is 23.7 Å². The van der Waals surface area contributed by atoms with Crippen molar-refractivity contribution in [2.45, 2.75) is 24.5 Å². The van der Waals surface area contributed by atoms with Crippen LogP contribution >= 0.6 is 12.3 Å². The number of azo groups is 1. The number of nitrogens with one attached hydrogen (secondary N) is 2. The second-order valence-electron chi connectivity index (χ2n) is 12.1. The molecule has 0 atom stereocenters. The first-order valence-corrected chi connectivity index (χ1v) is 24.7. The maximum Gasteiger partial charge on any atom is 0.322 e. The highest BCUT2D eigenvalue weighted by Gasteiger charge is 2.28. The largest absolute Gasteiger partial charge is 0.505 e. The molecule has 352 valence electrons. The number of hydrogen-bond acceptors (Lipinski definition) is 26. The first-order chi connectivity index (χ1) is 30.2. The number of rotatable bonds is 20. The Hall–Kier alpha value is -5.67. The molecule has 0 amide bonds. The highest BCUT2D eigenvalue weighted by atomic mass is 32.2. The van der Waals surface area contributed by atoms with Crippen LogP contribution in [0, 0.1) is 0 Å². The molecule has 0 aliphatic rings. The molecule has 0 unspecified atom stereocenters. The Labute approximate surface area is 370 Å². The molecule has 5 rings (SSSR count). The van der Waals surface area contributed by atoms with Gasteiger partial charge in [-0.3, -0.25) is 22.4 Å². The van der Waals surface area contributed by atoms with E-state index in [2.05, 4.69) is 45.2 Å². The molecule has 1 heterocycles. The van der Waals surface area contributed by atoms with E-state index >= 15 is 0 Å². The zero-order valence-corrected chi connectivity index (χ0v) is 37.3. The van der Waals surface area contributed by atoms with Crippen LogP contribution in [0.1, 0.15) is 0 Å². The number of hydrogen-bond donors (Lipinski definition) is 8. The number of benzene rings is 4. The molecule has 5 aromatic rings. The van der Waals surface area contributed by atoms with Gasteiger partial charge in [-0.15, -0.1) is 14.6 Å². The first-order valence-electron chi connectivity index (χ1n) is 16.6. The zero-order valence-electron chi connectivity index (χ0n) is 32.4. The maximum atomic E-state index is 13.1. The number of nitrogens with zero attached hydrogens (tertiary/aromatic N) is 5. The van der Waals surface area contributed by atoms with Crippen molar-refractivity contribution in [2.24, 2.45) is 10.2 Å². The van der Waals surface area contributed by atoms with Crippen LogP contribution in [0.25, 0.3) is 10.8 Å². The molecule has 65 heavy (non-hydrogen) atoms. The van der Waals surface area contributed by atoms with Crippen LogP contribution in [0.15, 0.2) is 83.2 Å². The van der Waals surface area contributed by atoms with Crippen molar-refractivity contribution in [3.8, 4) is 23.3 Å². The summed E-state index contributed by atoms with van der Waals surface area (Å²) >= 11 is 0.120. The standard InChI is InChI=1S/C30H29N7O22S6/c1-54-20-13-23(61(40,41)7-6-57-60-59-58-39)21(55-2)12-17(20)36-37-26-24(65(51,52)53)9-14-8-16(63(45,46)47)11-19(25(14)27(26)38)32-29-33-28(34-30(35-29)56-3)31-18-10-15(62(42,43)44)4-5-22(18)64(48,49)50/h4-5,8-13,38-39H,6-7H2,1-3H3,(H,42,43,44)(H,45,46,47)(H,48,49,50)(H,51,52,53)(H2,31,32,33,34,35). The predicted octanol–water partition coefficient (Wildman–Crippen LogP) is 3.42. The predicted molar refractivity (Wildman–Crippen MR) is 218 cm³/mol. The van der Waals surface area contributed by atoms with Crippen molar-refractivity contribution in [1.29, 1.82) is 0 Å². The third kappa shape index (κ3) is 12.0. The van der Waals surface area contributed by atoms with Crippen LogP contribution in [0.4, 0.5) is 34.6 Å². The van der Waals surface area contributed by atoms with Crippen molar-refractivity contribution in [1.82, 2.24) is 15.0 Å². The van der Waals surface area contributed by atoms with Gasteiger partial charge >= 0.3 is 6.01 Å². The third-order valence-corrected chi connectivity index (χ3v) is 13.6. The van der Waals surface area contributed by atoms with E-state index in [1.807, 2.05) is 0 Å². The Balaban J connectivity index is 1.69. The lowest BCUT2D eigenvalue weighted by molar-refractivity contribution is -0.434. The van der Waals surface area contributed by atoms with Gasteiger partial charge in [0.1, 0.15) is 37.6 Å². The number of anilines is 4. The fourth-order valence-electron chi connectivity index (χ4n) is 5.39. The van der Waals surface area contributed by atoms with Gasteiger partial charge < -0.3 is 30.0 Å². The number of ether oxygens (including phenoxy) is 3. The highest BCUT2D eigenvalue weighted by molar-refractivity contribution is 7.92. The average molecular weight is 1030 g/mol. The number of phenolic OH excluding ortho intramolecular Hbond substituents is 1. The summed E-state index contributed by atoms with van der Waals surface area (Å²) in [5.41, 5.74) is -2.69. The van der Waals surface area contributed by atoms with Crippen LogP contribution in [0.5, 0.6) is 23.3 Å². The average Bonchev–Trinajstić information content (AvgIpc) is 3.21. The molecule has 35 heteroatoms. The van der Waals surface area contributed by atoms with Crippen LogP contribution in [-0.4, -0.2) is 119 Å². The monoisotopic (exact) mass is 1030 g/mol. The summed E-state index contributed by atoms with van der Waals surface area (Å²) in [4.78, 5) is 7.35. The number of fused-ring (bicyclic) bond motifs is 1. The second kappa shape index (κ2) is 19.4. The first kappa shape index (κ1) is 50.3. The molecule has 0 saturated carbocycles. The molecule has 0 aliphatic heterocycles. The van der Waals surface area contributed by atoms with E-state index in [9.17, 15) is 65.4 Å². The lowest BCUT2D eigenvalue weighted by Gasteiger charge is -2.16. The highest BCUT2D eigenvalue weighted by Crippen LogP contribution is 2.47. The van der Waals surface area contributed by atoms with E-state index in [0.29, 0.717) is 36.4 Å². The summed E-state index contributed by atoms with van der Waals surface area (Å²) in [5, 5.41) is 34.6. The minimum Gasteiger partial charge on any atom is -0.505 e. The maximum absolute atomic E-state index is 13.1. The topological polar surface area (TPSA) is 435 Å². The molecule has 0 spiro atoms. The summed E-state index contributed by atoms with van der Waals surface area (Å²) in [7, 11) is -21.7. The number of phenols is 1. The Kier molecular flexibility index (Phi) is 15.0. The van der Waals surface area contributed by atoms with Crippen molar-refractivity contribution in [2.75, 3.05) is 44.3 Å². The number of sulfone groups is 1. The van der Waals surface area contributed by atoms with Gasteiger partial charge in [-0.2, -0.15) is 48.6 Å². The molecule has 29 nitrogen and oxygen atoms in total. The lowest BCUT2D eigenvalue weighted by Crippen LogP contribution is -2.12. The molecule has 0 radical (unpaired) electrons. The van der Waals surface area contributed by atoms with Gasteiger partial charge in [-0.05, 0) is 41.8 Å². The van der Waals surface area contributed by atoms with Crippen LogP contribution in [0.3, 0.4) is 0 Å². The third-order valence-electron chi connectivity index (χ3n) is 8.12. The van der Waals surface area contributed by atoms with Gasteiger partial charge in [0.25, 0.3) is 40.5 Å². The Morgan fingerprint density at radius 1 is 0.646 bits per heavy atom. The van der Waals surface area contributed by atoms with Crippen LogP contribution < -0.4 is 24.8 Å². The van der Waals surface area contributed by atoms with Gasteiger partial charge in [0.05, 0.1) is 54.9 Å². The van der Waals surface area contributed by atoms with Crippen molar-refractivity contribution in [3.63, 3.8) is 0 Å². The SMILES string of the molecule is COc1nc(Nc2cc(S(=O)(=O)O)ccc2S(=O)(=O)O)nc(Nc2cc(S(=O)(=O)O)cc3cc(S(=O)(=O)O)c(N=Nc4cc(OC)c(S(=O)(=O)CCOSOOO)cc4OC)c(O)c23)n1. The van der Waals surface area contributed by atoms with E-state index < -0.39 is 139 Å². The summed E-state index contributed by atoms with van der Waals surface area (Å²) in [6.07, 6.45) is 0. The minimum atomic E-state index is -5.41. The van der Waals surface area contributed by atoms with E-state index in [1.54, 1.807) is 0 Å². The Morgan fingerprint density at radius 2 is 1.25 bits per heavy atom. The zero-order chi connectivity index (χ0) is 48.3. The lowest BCUT2D eigenvalue weighted by atomic mass is 10.1. The van der Waals surface area contributed by atoms with Gasteiger partial charge in [-0.1, -0.05) is 5.04 Å². The molecule has 1 aromatic heterocycles. The quantitative estimate of drug-likeness (QED) is 0.0138. The molecular formula is C30H29N7O22S6. The van der Waals surface area contributed by atoms with E-state index in [1.165, 1.54) is 0 Å². The van der Waals surface area contributed by atoms with Crippen molar-refractivity contribution in [3.05, 3.63) is 48.5 Å². The molecule has 0 aliphatic carbocycles. The summed E-state index contributed by atoms with van der Waals surface area (Å²) in [6.45, 7) is -0.490. The Morgan fingerprint density at radius 3 is 1.80 bits per heavy atom. The Bertz CT molecular complexity index is 3280. The van der Waals surface area contributed by atoms with Crippen molar-refractivity contribution < 1.29 is 98.4 Å². The second-order valence-corrected chi connectivity index (χ2v) is 20.4. The number of aromatic nitrogens is 3. The summed E-state index contributed by atoms with van der Waals surface area (Å²) in [6, 6.07) is 5.17. The van der Waals surface area contributed by atoms with E-state index in [0.717, 1.165) is 33.5 Å². The van der Waals surface area contributed by atoms with Gasteiger partial charge in [0.15, 0.2) is 27.9 Å². The van der Waals surface area contributed by atoms with Gasteiger partial charge in [0, 0.05) is 17.5 Å². The smallest absolute Gasteiger partial charge is 0.322 e. The molecule has 0 fully saturated rings. The van der Waals surface area contributed by atoms with Crippen LogP contribution in [0.2, 0.25) is 0 Å². The number of methoxy groups -OCH3 is 3. The fraction of sp³-hybridized carbons (Fsp3) is 0.167. The normalized spacial score (nSPS) is 12.7. The van der Waals surface area contributed by atoms with Gasteiger partial charge in [-0.25, -0.2) is 13.7 Å². The molecular weight excluding hydrogens is 1000 g/mol. The summed E-state index contributed by atoms with van der Waals surface area (Å²) in [5.74, 6) is -3.87. The molecule has 0 bridgehead atoms. The summed E-state index contributed by atoms with van der Waals surface area (Å²) < 4.78 is 188. The van der Waals surface area contributed by atoms with Gasteiger partial charge in [0.2, 0.25) is 11.9 Å². The van der Waals surface area contributed by atoms with Crippen LogP contribution in [-0.2, 0) is 63.9 Å².